The lowest BCUT2D eigenvalue weighted by atomic mass is 10.0. The number of methoxy groups -OCH3 is 2. The number of carbonyl (C=O) groups is 2. The third kappa shape index (κ3) is 4.54. The van der Waals surface area contributed by atoms with Gasteiger partial charge in [-0.3, -0.25) is 9.59 Å². The lowest BCUT2D eigenvalue weighted by Crippen LogP contribution is -2.40. The standard InChI is InChI=1S/C13H14F3NO5/c1-21-7-3-4-8(10(5-7)22-2)9(6-11(18)19)17-12(20)13(14,15)16/h3-5,9H,6H2,1-2H3,(H,17,20)(H,18,19). The van der Waals surface area contributed by atoms with Gasteiger partial charge in [-0.05, 0) is 12.1 Å². The van der Waals surface area contributed by atoms with Gasteiger partial charge < -0.3 is 19.9 Å². The van der Waals surface area contributed by atoms with Crippen molar-refractivity contribution in [1.29, 1.82) is 0 Å². The van der Waals surface area contributed by atoms with E-state index in [9.17, 15) is 22.8 Å². The fourth-order valence-corrected chi connectivity index (χ4v) is 1.76. The fraction of sp³-hybridized carbons (Fsp3) is 0.385. The van der Waals surface area contributed by atoms with Crippen molar-refractivity contribution in [3.63, 3.8) is 0 Å². The molecule has 0 saturated heterocycles. The van der Waals surface area contributed by atoms with Gasteiger partial charge in [0.15, 0.2) is 0 Å². The quantitative estimate of drug-likeness (QED) is 0.836. The summed E-state index contributed by atoms with van der Waals surface area (Å²) < 4.78 is 47.0. The Labute approximate surface area is 123 Å². The van der Waals surface area contributed by atoms with E-state index in [0.717, 1.165) is 0 Å². The summed E-state index contributed by atoms with van der Waals surface area (Å²) in [5, 5.41) is 10.5. The first kappa shape index (κ1) is 17.6. The maximum Gasteiger partial charge on any atom is 0.471 e. The molecule has 0 aromatic heterocycles. The Balaban J connectivity index is 3.16. The van der Waals surface area contributed by atoms with Crippen molar-refractivity contribution in [3.8, 4) is 11.5 Å². The van der Waals surface area contributed by atoms with E-state index in [1.54, 1.807) is 5.32 Å². The first-order valence-corrected chi connectivity index (χ1v) is 6.00. The maximum atomic E-state index is 12.4. The molecular formula is C13H14F3NO5. The van der Waals surface area contributed by atoms with Gasteiger partial charge >= 0.3 is 18.1 Å². The zero-order valence-electron chi connectivity index (χ0n) is 11.7. The van der Waals surface area contributed by atoms with E-state index >= 15 is 0 Å². The van der Waals surface area contributed by atoms with Gasteiger partial charge in [-0.1, -0.05) is 0 Å². The largest absolute Gasteiger partial charge is 0.497 e. The Hall–Kier alpha value is -2.45. The summed E-state index contributed by atoms with van der Waals surface area (Å²) in [4.78, 5) is 21.9. The van der Waals surface area contributed by atoms with Gasteiger partial charge in [-0.2, -0.15) is 13.2 Å². The Bertz CT molecular complexity index is 559. The molecule has 1 rings (SSSR count). The van der Waals surface area contributed by atoms with E-state index in [-0.39, 0.29) is 11.3 Å². The van der Waals surface area contributed by atoms with Crippen LogP contribution in [0.3, 0.4) is 0 Å². The number of ether oxygens (including phenoxy) is 2. The van der Waals surface area contributed by atoms with Crippen LogP contribution in [-0.2, 0) is 9.59 Å². The number of alkyl halides is 3. The summed E-state index contributed by atoms with van der Waals surface area (Å²) in [5.41, 5.74) is 0.100. The van der Waals surface area contributed by atoms with Crippen molar-refractivity contribution in [2.24, 2.45) is 0 Å². The van der Waals surface area contributed by atoms with Crippen LogP contribution in [0.15, 0.2) is 18.2 Å². The van der Waals surface area contributed by atoms with Gasteiger partial charge in [0.05, 0.1) is 26.7 Å². The highest BCUT2D eigenvalue weighted by atomic mass is 19.4. The Morgan fingerprint density at radius 1 is 1.27 bits per heavy atom. The second kappa shape index (κ2) is 7.01. The molecule has 1 aromatic carbocycles. The highest BCUT2D eigenvalue weighted by Gasteiger charge is 2.40. The van der Waals surface area contributed by atoms with Crippen molar-refractivity contribution < 1.29 is 37.3 Å². The molecule has 1 atom stereocenters. The molecule has 2 N–H and O–H groups in total. The third-order valence-electron chi connectivity index (χ3n) is 2.76. The molecule has 0 aliphatic carbocycles. The van der Waals surface area contributed by atoms with Crippen LogP contribution in [0.25, 0.3) is 0 Å². The number of carboxylic acid groups (broad SMARTS) is 1. The van der Waals surface area contributed by atoms with Crippen LogP contribution in [0.4, 0.5) is 13.2 Å². The van der Waals surface area contributed by atoms with E-state index in [1.807, 2.05) is 0 Å². The van der Waals surface area contributed by atoms with Gasteiger partial charge in [0.25, 0.3) is 0 Å². The fourth-order valence-electron chi connectivity index (χ4n) is 1.76. The van der Waals surface area contributed by atoms with Gasteiger partial charge in [0, 0.05) is 11.6 Å². The van der Waals surface area contributed by atoms with Crippen LogP contribution in [0.1, 0.15) is 18.0 Å². The smallest absolute Gasteiger partial charge is 0.471 e. The lowest BCUT2D eigenvalue weighted by molar-refractivity contribution is -0.174. The molecule has 1 amide bonds. The number of halogens is 3. The molecular weight excluding hydrogens is 307 g/mol. The van der Waals surface area contributed by atoms with Crippen LogP contribution < -0.4 is 14.8 Å². The summed E-state index contributed by atoms with van der Waals surface area (Å²) >= 11 is 0. The van der Waals surface area contributed by atoms with Gasteiger partial charge in [0.1, 0.15) is 11.5 Å². The number of hydrogen-bond donors (Lipinski definition) is 2. The first-order valence-electron chi connectivity index (χ1n) is 6.00. The van der Waals surface area contributed by atoms with Crippen LogP contribution in [0, 0.1) is 0 Å². The van der Waals surface area contributed by atoms with Crippen molar-refractivity contribution >= 4 is 11.9 Å². The highest BCUT2D eigenvalue weighted by Crippen LogP contribution is 2.32. The second-order valence-corrected chi connectivity index (χ2v) is 4.23. The molecule has 0 fully saturated rings. The highest BCUT2D eigenvalue weighted by molar-refractivity contribution is 5.83. The summed E-state index contributed by atoms with van der Waals surface area (Å²) in [6.45, 7) is 0. The minimum Gasteiger partial charge on any atom is -0.497 e. The zero-order valence-corrected chi connectivity index (χ0v) is 11.7. The van der Waals surface area contributed by atoms with Gasteiger partial charge in [0.2, 0.25) is 0 Å². The number of amides is 1. The van der Waals surface area contributed by atoms with Crippen molar-refractivity contribution in [2.45, 2.75) is 18.6 Å². The monoisotopic (exact) mass is 321 g/mol. The predicted octanol–water partition coefficient (Wildman–Crippen LogP) is 1.90. The number of hydrogen-bond acceptors (Lipinski definition) is 4. The number of nitrogens with one attached hydrogen (secondary N) is 1. The van der Waals surface area contributed by atoms with Gasteiger partial charge in [-0.15, -0.1) is 0 Å². The normalized spacial score (nSPS) is 12.4. The third-order valence-corrected chi connectivity index (χ3v) is 2.76. The summed E-state index contributed by atoms with van der Waals surface area (Å²) in [5.74, 6) is -3.12. The van der Waals surface area contributed by atoms with E-state index in [0.29, 0.717) is 5.75 Å². The molecule has 1 unspecified atom stereocenters. The number of aliphatic carboxylic acids is 1. The summed E-state index contributed by atoms with van der Waals surface area (Å²) in [7, 11) is 2.65. The topological polar surface area (TPSA) is 84.9 Å². The molecule has 1 aromatic rings. The average Bonchev–Trinajstić information content (AvgIpc) is 2.44. The Morgan fingerprint density at radius 3 is 2.36 bits per heavy atom. The molecule has 0 aliphatic rings. The predicted molar refractivity (Wildman–Crippen MR) is 68.7 cm³/mol. The van der Waals surface area contributed by atoms with E-state index in [1.165, 1.54) is 32.4 Å². The molecule has 0 radical (unpaired) electrons. The SMILES string of the molecule is COc1ccc(C(CC(=O)O)NC(=O)C(F)(F)F)c(OC)c1. The maximum absolute atomic E-state index is 12.4. The van der Waals surface area contributed by atoms with Crippen molar-refractivity contribution in [1.82, 2.24) is 5.32 Å². The molecule has 0 saturated carbocycles. The Kier molecular flexibility index (Phi) is 5.61. The van der Waals surface area contributed by atoms with Gasteiger partial charge in [-0.25, -0.2) is 0 Å². The number of benzene rings is 1. The number of carboxylic acids is 1. The lowest BCUT2D eigenvalue weighted by Gasteiger charge is -2.21. The van der Waals surface area contributed by atoms with E-state index in [4.69, 9.17) is 14.6 Å². The second-order valence-electron chi connectivity index (χ2n) is 4.23. The minimum atomic E-state index is -5.11. The van der Waals surface area contributed by atoms with Crippen molar-refractivity contribution in [3.05, 3.63) is 23.8 Å². The van der Waals surface area contributed by atoms with E-state index in [2.05, 4.69) is 0 Å². The number of rotatable bonds is 6. The molecule has 0 spiro atoms. The molecule has 122 valence electrons. The van der Waals surface area contributed by atoms with Crippen LogP contribution >= 0.6 is 0 Å². The minimum absolute atomic E-state index is 0.100. The van der Waals surface area contributed by atoms with Crippen LogP contribution in [0.2, 0.25) is 0 Å². The molecule has 9 heteroatoms. The number of carbonyl (C=O) groups excluding carboxylic acids is 1. The molecule has 0 aliphatic heterocycles. The first-order chi connectivity index (χ1) is 10.2. The summed E-state index contributed by atoms with van der Waals surface area (Å²) in [6, 6.07) is 2.74. The van der Waals surface area contributed by atoms with Crippen LogP contribution in [-0.4, -0.2) is 37.4 Å². The van der Waals surface area contributed by atoms with Crippen LogP contribution in [0.5, 0.6) is 11.5 Å². The van der Waals surface area contributed by atoms with Crippen molar-refractivity contribution in [2.75, 3.05) is 14.2 Å². The molecule has 6 nitrogen and oxygen atoms in total. The molecule has 0 bridgehead atoms. The molecule has 22 heavy (non-hydrogen) atoms. The Morgan fingerprint density at radius 2 is 1.91 bits per heavy atom. The van der Waals surface area contributed by atoms with E-state index < -0.39 is 30.5 Å². The molecule has 0 heterocycles. The zero-order chi connectivity index (χ0) is 16.9. The summed E-state index contributed by atoms with van der Waals surface area (Å²) in [6.07, 6.45) is -5.85. The average molecular weight is 321 g/mol.